The molecule has 0 bridgehead atoms. The van der Waals surface area contributed by atoms with E-state index in [-0.39, 0.29) is 11.0 Å². The third kappa shape index (κ3) is 4.54. The standard InChI is InChI=1S/C16H16IN3O3S/c1-9-11(17)5-7-14(18-9)19-16(24)20-15(21)10-4-6-12(22-2)13(8-10)23-3/h4-8H,1-3H3,(H2,18,19,20,21,24). The molecule has 8 heteroatoms. The number of hydrogen-bond donors (Lipinski definition) is 2. The second-order valence-electron chi connectivity index (χ2n) is 4.74. The van der Waals surface area contributed by atoms with Crippen molar-refractivity contribution >= 4 is 51.6 Å². The molecule has 1 amide bonds. The Bertz CT molecular complexity index is 783. The van der Waals surface area contributed by atoms with Crippen LogP contribution in [0.25, 0.3) is 0 Å². The largest absolute Gasteiger partial charge is 0.493 e. The van der Waals surface area contributed by atoms with Crippen LogP contribution in [0.2, 0.25) is 0 Å². The summed E-state index contributed by atoms with van der Waals surface area (Å²) in [5.41, 5.74) is 1.29. The number of carbonyl (C=O) groups is 1. The van der Waals surface area contributed by atoms with Crippen LogP contribution >= 0.6 is 34.8 Å². The summed E-state index contributed by atoms with van der Waals surface area (Å²) in [6.45, 7) is 1.90. The van der Waals surface area contributed by atoms with Gasteiger partial charge in [0.1, 0.15) is 5.82 Å². The molecule has 0 aliphatic rings. The number of carbonyl (C=O) groups excluding carboxylic acids is 1. The quantitative estimate of drug-likeness (QED) is 0.543. The van der Waals surface area contributed by atoms with E-state index in [1.54, 1.807) is 24.3 Å². The molecule has 6 nitrogen and oxygen atoms in total. The van der Waals surface area contributed by atoms with Crippen molar-refractivity contribution in [2.24, 2.45) is 0 Å². The maximum Gasteiger partial charge on any atom is 0.257 e. The zero-order valence-corrected chi connectivity index (χ0v) is 16.3. The Morgan fingerprint density at radius 1 is 1.17 bits per heavy atom. The summed E-state index contributed by atoms with van der Waals surface area (Å²) in [7, 11) is 3.04. The highest BCUT2D eigenvalue weighted by Gasteiger charge is 2.12. The fourth-order valence-corrected chi connectivity index (χ4v) is 2.41. The Morgan fingerprint density at radius 2 is 1.88 bits per heavy atom. The number of ether oxygens (including phenoxy) is 2. The molecule has 126 valence electrons. The number of anilines is 1. The molecular weight excluding hydrogens is 441 g/mol. The molecule has 2 rings (SSSR count). The van der Waals surface area contributed by atoms with Crippen molar-refractivity contribution in [1.82, 2.24) is 10.3 Å². The third-order valence-corrected chi connectivity index (χ3v) is 4.48. The maximum atomic E-state index is 12.3. The Hall–Kier alpha value is -1.94. The number of methoxy groups -OCH3 is 2. The van der Waals surface area contributed by atoms with Crippen LogP contribution in [0, 0.1) is 10.5 Å². The lowest BCUT2D eigenvalue weighted by molar-refractivity contribution is 0.0977. The molecule has 0 atom stereocenters. The monoisotopic (exact) mass is 457 g/mol. The summed E-state index contributed by atoms with van der Waals surface area (Å²) < 4.78 is 11.4. The molecule has 24 heavy (non-hydrogen) atoms. The van der Waals surface area contributed by atoms with Crippen molar-refractivity contribution < 1.29 is 14.3 Å². The zero-order valence-electron chi connectivity index (χ0n) is 13.3. The Morgan fingerprint density at radius 3 is 2.50 bits per heavy atom. The molecule has 0 radical (unpaired) electrons. The minimum atomic E-state index is -0.351. The molecule has 1 aromatic carbocycles. The summed E-state index contributed by atoms with van der Waals surface area (Å²) in [4.78, 5) is 16.6. The highest BCUT2D eigenvalue weighted by atomic mass is 127. The predicted octanol–water partition coefficient (Wildman–Crippen LogP) is 3.14. The van der Waals surface area contributed by atoms with Gasteiger partial charge in [-0.2, -0.15) is 0 Å². The average molecular weight is 457 g/mol. The third-order valence-electron chi connectivity index (χ3n) is 3.14. The lowest BCUT2D eigenvalue weighted by Crippen LogP contribution is -2.34. The van der Waals surface area contributed by atoms with Crippen molar-refractivity contribution in [3.05, 3.63) is 45.2 Å². The van der Waals surface area contributed by atoms with Gasteiger partial charge in [-0.3, -0.25) is 10.1 Å². The van der Waals surface area contributed by atoms with Gasteiger partial charge in [0.2, 0.25) is 0 Å². The van der Waals surface area contributed by atoms with E-state index in [1.165, 1.54) is 14.2 Å². The molecular formula is C16H16IN3O3S. The molecule has 0 saturated carbocycles. The molecule has 0 spiro atoms. The first-order valence-electron chi connectivity index (χ1n) is 6.92. The van der Waals surface area contributed by atoms with Gasteiger partial charge in [-0.25, -0.2) is 4.98 Å². The molecule has 0 aliphatic carbocycles. The van der Waals surface area contributed by atoms with E-state index >= 15 is 0 Å². The minimum absolute atomic E-state index is 0.169. The second-order valence-corrected chi connectivity index (χ2v) is 6.31. The number of amides is 1. The van der Waals surface area contributed by atoms with Gasteiger partial charge in [-0.15, -0.1) is 0 Å². The summed E-state index contributed by atoms with van der Waals surface area (Å²) in [6.07, 6.45) is 0. The van der Waals surface area contributed by atoms with E-state index in [1.807, 2.05) is 13.0 Å². The van der Waals surface area contributed by atoms with Crippen molar-refractivity contribution in [1.29, 1.82) is 0 Å². The predicted molar refractivity (Wildman–Crippen MR) is 105 cm³/mol. The summed E-state index contributed by atoms with van der Waals surface area (Å²) in [6, 6.07) is 8.60. The molecule has 1 aromatic heterocycles. The van der Waals surface area contributed by atoms with Gasteiger partial charge in [0.05, 0.1) is 19.9 Å². The highest BCUT2D eigenvalue weighted by molar-refractivity contribution is 14.1. The van der Waals surface area contributed by atoms with Crippen LogP contribution in [0.15, 0.2) is 30.3 Å². The molecule has 0 saturated heterocycles. The number of aryl methyl sites for hydroxylation is 1. The maximum absolute atomic E-state index is 12.3. The lowest BCUT2D eigenvalue weighted by Gasteiger charge is -2.11. The van der Waals surface area contributed by atoms with E-state index in [0.29, 0.717) is 22.9 Å². The number of rotatable bonds is 4. The van der Waals surface area contributed by atoms with Gasteiger partial charge < -0.3 is 14.8 Å². The van der Waals surface area contributed by atoms with Crippen LogP contribution < -0.4 is 20.1 Å². The number of benzene rings is 1. The normalized spacial score (nSPS) is 10.0. The molecule has 0 aliphatic heterocycles. The average Bonchev–Trinajstić information content (AvgIpc) is 2.57. The van der Waals surface area contributed by atoms with Crippen LogP contribution in [-0.2, 0) is 0 Å². The smallest absolute Gasteiger partial charge is 0.257 e. The van der Waals surface area contributed by atoms with E-state index < -0.39 is 0 Å². The number of halogens is 1. The van der Waals surface area contributed by atoms with E-state index in [9.17, 15) is 4.79 Å². The first-order valence-corrected chi connectivity index (χ1v) is 8.40. The Labute approximate surface area is 159 Å². The van der Waals surface area contributed by atoms with E-state index in [4.69, 9.17) is 21.7 Å². The highest BCUT2D eigenvalue weighted by Crippen LogP contribution is 2.27. The number of thiocarbonyl (C=S) groups is 1. The minimum Gasteiger partial charge on any atom is -0.493 e. The van der Waals surface area contributed by atoms with Crippen molar-refractivity contribution in [3.63, 3.8) is 0 Å². The summed E-state index contributed by atoms with van der Waals surface area (Å²) in [5.74, 6) is 1.24. The van der Waals surface area contributed by atoms with Crippen LogP contribution in [-0.4, -0.2) is 30.2 Å². The van der Waals surface area contributed by atoms with E-state index in [0.717, 1.165) is 9.26 Å². The first-order chi connectivity index (χ1) is 11.4. The number of nitrogens with one attached hydrogen (secondary N) is 2. The second kappa shape index (κ2) is 8.25. The molecule has 1 heterocycles. The van der Waals surface area contributed by atoms with Gasteiger partial charge in [0.25, 0.3) is 5.91 Å². The lowest BCUT2D eigenvalue weighted by atomic mass is 10.2. The van der Waals surface area contributed by atoms with Gasteiger partial charge >= 0.3 is 0 Å². The van der Waals surface area contributed by atoms with Crippen LogP contribution in [0.4, 0.5) is 5.82 Å². The number of aromatic nitrogens is 1. The summed E-state index contributed by atoms with van der Waals surface area (Å²) in [5, 5.41) is 5.67. The topological polar surface area (TPSA) is 72.5 Å². The van der Waals surface area contributed by atoms with Crippen LogP contribution in [0.3, 0.4) is 0 Å². The SMILES string of the molecule is COc1ccc(C(=O)NC(=S)Nc2ccc(I)c(C)n2)cc1OC. The van der Waals surface area contributed by atoms with Crippen LogP contribution in [0.1, 0.15) is 16.1 Å². The zero-order chi connectivity index (χ0) is 17.7. The van der Waals surface area contributed by atoms with Crippen molar-refractivity contribution in [2.75, 3.05) is 19.5 Å². The van der Waals surface area contributed by atoms with E-state index in [2.05, 4.69) is 38.2 Å². The first kappa shape index (κ1) is 18.4. The van der Waals surface area contributed by atoms with Gasteiger partial charge in [-0.05, 0) is 72.1 Å². The number of pyridine rings is 1. The van der Waals surface area contributed by atoms with Crippen molar-refractivity contribution in [2.45, 2.75) is 6.92 Å². The van der Waals surface area contributed by atoms with Crippen molar-refractivity contribution in [3.8, 4) is 11.5 Å². The number of hydrogen-bond acceptors (Lipinski definition) is 5. The van der Waals surface area contributed by atoms with Gasteiger partial charge in [0.15, 0.2) is 16.6 Å². The van der Waals surface area contributed by atoms with Gasteiger partial charge in [-0.1, -0.05) is 0 Å². The number of nitrogens with zero attached hydrogens (tertiary/aromatic N) is 1. The molecule has 2 N–H and O–H groups in total. The van der Waals surface area contributed by atoms with Gasteiger partial charge in [0, 0.05) is 9.13 Å². The fraction of sp³-hybridized carbons (Fsp3) is 0.188. The fourth-order valence-electron chi connectivity index (χ4n) is 1.91. The molecule has 0 fully saturated rings. The Balaban J connectivity index is 2.05. The molecule has 2 aromatic rings. The van der Waals surface area contributed by atoms with Crippen LogP contribution in [0.5, 0.6) is 11.5 Å². The summed E-state index contributed by atoms with van der Waals surface area (Å²) >= 11 is 7.36. The molecule has 0 unspecified atom stereocenters. The Kier molecular flexibility index (Phi) is 6.32.